The number of nitriles is 2. The molecule has 0 N–H and O–H groups in total. The van der Waals surface area contributed by atoms with Gasteiger partial charge in [-0.15, -0.1) is 22.7 Å². The molecule has 0 saturated carbocycles. The van der Waals surface area contributed by atoms with E-state index in [1.165, 1.54) is 11.1 Å². The zero-order valence-corrected chi connectivity index (χ0v) is 27.4. The fourth-order valence-corrected chi connectivity index (χ4v) is 7.41. The Hall–Kier alpha value is -4.62. The number of hydrogen-bond donors (Lipinski definition) is 0. The first-order valence-electron chi connectivity index (χ1n) is 14.5. The van der Waals surface area contributed by atoms with Crippen molar-refractivity contribution < 1.29 is 4.42 Å². The summed E-state index contributed by atoms with van der Waals surface area (Å²) in [6.07, 6.45) is 1.63. The second kappa shape index (κ2) is 11.1. The summed E-state index contributed by atoms with van der Waals surface area (Å²) in [7, 11) is 0. The number of fused-ring (bicyclic) bond motifs is 3. The number of hydrogen-bond acceptors (Lipinski definition) is 6. The lowest BCUT2D eigenvalue weighted by molar-refractivity contribution is 0.590. The quantitative estimate of drug-likeness (QED) is 0.182. The molecule has 4 nitrogen and oxygen atoms in total. The second-order valence-electron chi connectivity index (χ2n) is 13.0. The van der Waals surface area contributed by atoms with Crippen molar-refractivity contribution in [2.24, 2.45) is 0 Å². The maximum atomic E-state index is 9.09. The number of anilines is 3. The number of allylic oxidation sites excluding steroid dienone is 1. The van der Waals surface area contributed by atoms with E-state index < -0.39 is 0 Å². The van der Waals surface area contributed by atoms with Gasteiger partial charge in [-0.05, 0) is 76.6 Å². The number of rotatable bonds is 5. The summed E-state index contributed by atoms with van der Waals surface area (Å²) in [6.45, 7) is 13.4. The molecular formula is C38H33N3OS2. The minimum Gasteiger partial charge on any atom is -0.455 e. The molecule has 6 rings (SSSR count). The molecular weight excluding hydrogens is 579 g/mol. The van der Waals surface area contributed by atoms with Crippen molar-refractivity contribution in [1.29, 1.82) is 10.5 Å². The number of benzene rings is 3. The summed E-state index contributed by atoms with van der Waals surface area (Å²) < 4.78 is 7.55. The largest absolute Gasteiger partial charge is 0.455 e. The Balaban J connectivity index is 1.40. The average Bonchev–Trinajstić information content (AvgIpc) is 3.70. The lowest BCUT2D eigenvalue weighted by atomic mass is 9.86. The highest BCUT2D eigenvalue weighted by Crippen LogP contribution is 2.44. The van der Waals surface area contributed by atoms with Crippen molar-refractivity contribution in [3.05, 3.63) is 107 Å². The highest BCUT2D eigenvalue weighted by atomic mass is 32.1. The summed E-state index contributed by atoms with van der Waals surface area (Å²) in [4.78, 5) is 5.35. The zero-order chi connectivity index (χ0) is 31.2. The summed E-state index contributed by atoms with van der Waals surface area (Å²) in [5.41, 5.74) is 7.77. The molecule has 0 spiro atoms. The summed E-state index contributed by atoms with van der Waals surface area (Å²) >= 11 is 3.26. The van der Waals surface area contributed by atoms with Crippen LogP contribution in [-0.2, 0) is 10.8 Å². The molecule has 3 heterocycles. The molecule has 0 unspecified atom stereocenters. The Morgan fingerprint density at radius 3 is 1.77 bits per heavy atom. The van der Waals surface area contributed by atoms with Gasteiger partial charge in [0.25, 0.3) is 0 Å². The van der Waals surface area contributed by atoms with Crippen LogP contribution >= 0.6 is 22.7 Å². The molecule has 0 bridgehead atoms. The van der Waals surface area contributed by atoms with Crippen molar-refractivity contribution in [3.8, 4) is 21.9 Å². The summed E-state index contributed by atoms with van der Waals surface area (Å²) in [6, 6.07) is 34.1. The molecule has 0 aliphatic rings. The van der Waals surface area contributed by atoms with Gasteiger partial charge in [0.05, 0.1) is 4.70 Å². The van der Waals surface area contributed by atoms with Crippen LogP contribution in [0.4, 0.5) is 17.1 Å². The monoisotopic (exact) mass is 611 g/mol. The van der Waals surface area contributed by atoms with E-state index in [0.717, 1.165) is 52.9 Å². The molecule has 3 aromatic heterocycles. The SMILES string of the molecule is CC(C)(C)c1ccc(N(c2ccc(C(C)(C)C)cc2)c2ccc3c(c2)oc2cc(-c4ccc(C=C(C#N)C#N)s4)sc23)cc1. The van der Waals surface area contributed by atoms with Gasteiger partial charge >= 0.3 is 0 Å². The van der Waals surface area contributed by atoms with Gasteiger partial charge in [-0.3, -0.25) is 0 Å². The first-order valence-corrected chi connectivity index (χ1v) is 16.2. The van der Waals surface area contributed by atoms with Crippen LogP contribution in [0.15, 0.2) is 94.9 Å². The van der Waals surface area contributed by atoms with E-state index in [-0.39, 0.29) is 16.4 Å². The smallest absolute Gasteiger partial charge is 0.146 e. The van der Waals surface area contributed by atoms with Crippen LogP contribution in [0.25, 0.3) is 37.1 Å². The van der Waals surface area contributed by atoms with Crippen LogP contribution in [0.3, 0.4) is 0 Å². The maximum Gasteiger partial charge on any atom is 0.146 e. The third kappa shape index (κ3) is 5.67. The Kier molecular flexibility index (Phi) is 7.46. The molecule has 0 aliphatic heterocycles. The first-order chi connectivity index (χ1) is 20.9. The van der Waals surface area contributed by atoms with Crippen LogP contribution in [0.2, 0.25) is 0 Å². The minimum absolute atomic E-state index is 0.0764. The molecule has 0 aliphatic carbocycles. The fourth-order valence-electron chi connectivity index (χ4n) is 5.26. The zero-order valence-electron chi connectivity index (χ0n) is 25.7. The van der Waals surface area contributed by atoms with E-state index in [1.54, 1.807) is 28.7 Å². The number of nitrogens with zero attached hydrogens (tertiary/aromatic N) is 3. The summed E-state index contributed by atoms with van der Waals surface area (Å²) in [5, 5.41) is 19.3. The normalized spacial score (nSPS) is 11.8. The van der Waals surface area contributed by atoms with E-state index in [1.807, 2.05) is 24.3 Å². The van der Waals surface area contributed by atoms with Gasteiger partial charge in [-0.1, -0.05) is 65.8 Å². The third-order valence-corrected chi connectivity index (χ3v) is 10.1. The molecule has 0 amide bonds. The van der Waals surface area contributed by atoms with E-state index in [0.29, 0.717) is 0 Å². The number of thiophene rings is 2. The molecule has 0 fully saturated rings. The molecule has 44 heavy (non-hydrogen) atoms. The maximum absolute atomic E-state index is 9.09. The lowest BCUT2D eigenvalue weighted by Gasteiger charge is -2.28. The van der Waals surface area contributed by atoms with Crippen molar-refractivity contribution in [3.63, 3.8) is 0 Å². The van der Waals surface area contributed by atoms with E-state index in [9.17, 15) is 0 Å². The highest BCUT2D eigenvalue weighted by Gasteiger charge is 2.20. The van der Waals surface area contributed by atoms with E-state index in [2.05, 4.69) is 119 Å². The van der Waals surface area contributed by atoms with Crippen LogP contribution in [-0.4, -0.2) is 0 Å². The molecule has 3 aromatic carbocycles. The second-order valence-corrected chi connectivity index (χ2v) is 15.2. The molecule has 218 valence electrons. The predicted molar refractivity (Wildman–Crippen MR) is 186 cm³/mol. The van der Waals surface area contributed by atoms with Gasteiger partial charge in [0.2, 0.25) is 0 Å². The van der Waals surface area contributed by atoms with Gasteiger partial charge in [-0.2, -0.15) is 10.5 Å². The highest BCUT2D eigenvalue weighted by molar-refractivity contribution is 7.26. The van der Waals surface area contributed by atoms with E-state index >= 15 is 0 Å². The van der Waals surface area contributed by atoms with Gasteiger partial charge in [0.1, 0.15) is 28.9 Å². The van der Waals surface area contributed by atoms with Gasteiger partial charge in [-0.25, -0.2) is 0 Å². The van der Waals surface area contributed by atoms with Crippen LogP contribution in [0.5, 0.6) is 0 Å². The molecule has 0 atom stereocenters. The van der Waals surface area contributed by atoms with Gasteiger partial charge in [0, 0.05) is 49.2 Å². The predicted octanol–water partition coefficient (Wildman–Crippen LogP) is 11.9. The topological polar surface area (TPSA) is 64.0 Å². The average molecular weight is 612 g/mol. The van der Waals surface area contributed by atoms with Crippen LogP contribution < -0.4 is 4.90 Å². The Labute approximate surface area is 266 Å². The van der Waals surface area contributed by atoms with Crippen molar-refractivity contribution in [2.45, 2.75) is 52.4 Å². The van der Waals surface area contributed by atoms with Crippen molar-refractivity contribution in [1.82, 2.24) is 0 Å². The third-order valence-electron chi connectivity index (χ3n) is 7.77. The van der Waals surface area contributed by atoms with Crippen LogP contribution in [0, 0.1) is 22.7 Å². The van der Waals surface area contributed by atoms with Crippen molar-refractivity contribution in [2.75, 3.05) is 4.90 Å². The minimum atomic E-state index is 0.0764. The van der Waals surface area contributed by atoms with Gasteiger partial charge < -0.3 is 9.32 Å². The van der Waals surface area contributed by atoms with E-state index in [4.69, 9.17) is 14.9 Å². The Bertz CT molecular complexity index is 2020. The molecule has 0 radical (unpaired) electrons. The van der Waals surface area contributed by atoms with Crippen LogP contribution in [0.1, 0.15) is 57.5 Å². The molecule has 6 heteroatoms. The Morgan fingerprint density at radius 2 is 1.23 bits per heavy atom. The standard InChI is InChI=1S/C38H33N3OS2/c1-37(2,3)25-7-11-27(12-8-25)41(28-13-9-26(10-14-28)38(4,5)6)29-15-17-31-32(20-29)42-33-21-35(44-36(31)33)34-18-16-30(43-34)19-24(22-39)23-40/h7-21H,1-6H3. The lowest BCUT2D eigenvalue weighted by Crippen LogP contribution is -2.14. The van der Waals surface area contributed by atoms with Gasteiger partial charge in [0.15, 0.2) is 0 Å². The summed E-state index contributed by atoms with van der Waals surface area (Å²) in [5.74, 6) is 0. The Morgan fingerprint density at radius 1 is 0.659 bits per heavy atom. The molecule has 6 aromatic rings. The van der Waals surface area contributed by atoms with Crippen molar-refractivity contribution >= 4 is 67.1 Å². The number of furan rings is 1. The molecule has 0 saturated heterocycles. The fraction of sp³-hybridized carbons (Fsp3) is 0.211. The first kappa shape index (κ1) is 29.5.